The molecule has 7 heteroatoms. The third kappa shape index (κ3) is 5.55. The molecule has 5 nitrogen and oxygen atoms in total. The minimum Gasteiger partial charge on any atom is -0.483 e. The molecule has 0 unspecified atom stereocenters. The standard InChI is InChI=1S/C20H21N3O2S2/c1-13-7-9-16(10-8-13)12-26-20-23-22-19(27-20)21-17(24)11-25-18-14(2)5-4-6-15(18)3/h4-10H,11-12H2,1-3H3,(H,21,22,24). The minimum atomic E-state index is -0.246. The van der Waals surface area contributed by atoms with Gasteiger partial charge in [0, 0.05) is 5.75 Å². The third-order valence-corrected chi connectivity index (χ3v) is 5.94. The number of nitrogens with zero attached hydrogens (tertiary/aromatic N) is 2. The summed E-state index contributed by atoms with van der Waals surface area (Å²) in [6.45, 7) is 5.93. The molecule has 0 atom stereocenters. The number of amides is 1. The van der Waals surface area contributed by atoms with Crippen molar-refractivity contribution in [3.63, 3.8) is 0 Å². The maximum Gasteiger partial charge on any atom is 0.264 e. The van der Waals surface area contributed by atoms with Gasteiger partial charge in [-0.25, -0.2) is 0 Å². The number of hydrogen-bond donors (Lipinski definition) is 1. The zero-order valence-electron chi connectivity index (χ0n) is 15.5. The summed E-state index contributed by atoms with van der Waals surface area (Å²) in [5, 5.41) is 11.4. The molecule has 3 aromatic rings. The first-order chi connectivity index (χ1) is 13.0. The first-order valence-corrected chi connectivity index (χ1v) is 10.3. The van der Waals surface area contributed by atoms with Crippen LogP contribution in [0.15, 0.2) is 46.8 Å². The topological polar surface area (TPSA) is 64.1 Å². The van der Waals surface area contributed by atoms with Gasteiger partial charge in [0.15, 0.2) is 10.9 Å². The number of benzene rings is 2. The second-order valence-corrected chi connectivity index (χ2v) is 8.41. The summed E-state index contributed by atoms with van der Waals surface area (Å²) in [5.74, 6) is 1.32. The van der Waals surface area contributed by atoms with E-state index >= 15 is 0 Å². The summed E-state index contributed by atoms with van der Waals surface area (Å²) in [6.07, 6.45) is 0. The van der Waals surface area contributed by atoms with Gasteiger partial charge in [-0.3, -0.25) is 10.1 Å². The fourth-order valence-corrected chi connectivity index (χ4v) is 4.19. The number of hydrogen-bond acceptors (Lipinski definition) is 6. The van der Waals surface area contributed by atoms with E-state index in [9.17, 15) is 4.79 Å². The molecule has 0 fully saturated rings. The average molecular weight is 400 g/mol. The summed E-state index contributed by atoms with van der Waals surface area (Å²) >= 11 is 2.97. The fraction of sp³-hybridized carbons (Fsp3) is 0.250. The van der Waals surface area contributed by atoms with Crippen LogP contribution in [0, 0.1) is 20.8 Å². The lowest BCUT2D eigenvalue weighted by atomic mass is 10.1. The number of carbonyl (C=O) groups is 1. The van der Waals surface area contributed by atoms with Gasteiger partial charge in [-0.05, 0) is 37.5 Å². The maximum absolute atomic E-state index is 12.1. The Morgan fingerprint density at radius 3 is 2.48 bits per heavy atom. The van der Waals surface area contributed by atoms with Gasteiger partial charge in [-0.1, -0.05) is 71.1 Å². The van der Waals surface area contributed by atoms with Crippen LogP contribution >= 0.6 is 23.1 Å². The van der Waals surface area contributed by atoms with Crippen molar-refractivity contribution in [2.75, 3.05) is 11.9 Å². The zero-order chi connectivity index (χ0) is 19.2. The highest BCUT2D eigenvalue weighted by molar-refractivity contribution is 8.00. The van der Waals surface area contributed by atoms with Crippen molar-refractivity contribution < 1.29 is 9.53 Å². The number of aromatic nitrogens is 2. The summed E-state index contributed by atoms with van der Waals surface area (Å²) in [6, 6.07) is 14.3. The molecular formula is C20H21N3O2S2. The molecular weight excluding hydrogens is 378 g/mol. The van der Waals surface area contributed by atoms with E-state index in [1.165, 1.54) is 22.5 Å². The van der Waals surface area contributed by atoms with Gasteiger partial charge in [-0.15, -0.1) is 10.2 Å². The number of anilines is 1. The summed E-state index contributed by atoms with van der Waals surface area (Å²) in [7, 11) is 0. The number of aryl methyl sites for hydroxylation is 3. The number of rotatable bonds is 7. The van der Waals surface area contributed by atoms with E-state index in [1.807, 2.05) is 32.0 Å². The van der Waals surface area contributed by atoms with Crippen LogP contribution in [-0.4, -0.2) is 22.7 Å². The van der Waals surface area contributed by atoms with Crippen molar-refractivity contribution in [1.29, 1.82) is 0 Å². The molecule has 1 N–H and O–H groups in total. The van der Waals surface area contributed by atoms with Gasteiger partial charge in [-0.2, -0.15) is 0 Å². The second-order valence-electron chi connectivity index (χ2n) is 6.21. The highest BCUT2D eigenvalue weighted by atomic mass is 32.2. The highest BCUT2D eigenvalue weighted by Gasteiger charge is 2.11. The van der Waals surface area contributed by atoms with Crippen molar-refractivity contribution in [1.82, 2.24) is 10.2 Å². The molecule has 0 spiro atoms. The molecule has 27 heavy (non-hydrogen) atoms. The third-order valence-electron chi connectivity index (χ3n) is 3.89. The molecule has 0 saturated heterocycles. The average Bonchev–Trinajstić information content (AvgIpc) is 3.08. The number of para-hydroxylation sites is 1. The monoisotopic (exact) mass is 399 g/mol. The first kappa shape index (κ1) is 19.4. The molecule has 1 aromatic heterocycles. The molecule has 3 rings (SSSR count). The Labute approximate surface area is 167 Å². The quantitative estimate of drug-likeness (QED) is 0.458. The van der Waals surface area contributed by atoms with Crippen LogP contribution in [0.2, 0.25) is 0 Å². The van der Waals surface area contributed by atoms with E-state index in [2.05, 4.69) is 46.7 Å². The lowest BCUT2D eigenvalue weighted by Gasteiger charge is -2.11. The van der Waals surface area contributed by atoms with Gasteiger partial charge in [0.25, 0.3) is 5.91 Å². The van der Waals surface area contributed by atoms with Crippen molar-refractivity contribution in [3.05, 3.63) is 64.7 Å². The highest BCUT2D eigenvalue weighted by Crippen LogP contribution is 2.28. The molecule has 0 aliphatic carbocycles. The van der Waals surface area contributed by atoms with Crippen molar-refractivity contribution in [2.24, 2.45) is 0 Å². The van der Waals surface area contributed by atoms with Gasteiger partial charge in [0.2, 0.25) is 5.13 Å². The normalized spacial score (nSPS) is 10.6. The Morgan fingerprint density at radius 1 is 1.07 bits per heavy atom. The number of thioether (sulfide) groups is 1. The van der Waals surface area contributed by atoms with Crippen molar-refractivity contribution >= 4 is 34.1 Å². The Balaban J connectivity index is 1.49. The molecule has 1 heterocycles. The van der Waals surface area contributed by atoms with Crippen LogP contribution in [0.1, 0.15) is 22.3 Å². The van der Waals surface area contributed by atoms with E-state index in [0.29, 0.717) is 5.13 Å². The van der Waals surface area contributed by atoms with Crippen molar-refractivity contribution in [2.45, 2.75) is 30.9 Å². The number of nitrogens with one attached hydrogen (secondary N) is 1. The molecule has 0 saturated carbocycles. The molecule has 1 amide bonds. The van der Waals surface area contributed by atoms with E-state index in [0.717, 1.165) is 27.0 Å². The Hall–Kier alpha value is -2.38. The fourth-order valence-electron chi connectivity index (χ4n) is 2.47. The SMILES string of the molecule is Cc1ccc(CSc2nnc(NC(=O)COc3c(C)cccc3C)s2)cc1. The van der Waals surface area contributed by atoms with E-state index in [1.54, 1.807) is 11.8 Å². The predicted molar refractivity (Wildman–Crippen MR) is 111 cm³/mol. The van der Waals surface area contributed by atoms with Crippen LogP contribution in [0.25, 0.3) is 0 Å². The van der Waals surface area contributed by atoms with Crippen molar-refractivity contribution in [3.8, 4) is 5.75 Å². The van der Waals surface area contributed by atoms with E-state index in [-0.39, 0.29) is 12.5 Å². The van der Waals surface area contributed by atoms with Gasteiger partial charge in [0.05, 0.1) is 0 Å². The molecule has 0 bridgehead atoms. The smallest absolute Gasteiger partial charge is 0.264 e. The molecule has 0 aliphatic heterocycles. The Morgan fingerprint density at radius 2 is 1.78 bits per heavy atom. The predicted octanol–water partition coefficient (Wildman–Crippen LogP) is 4.77. The summed E-state index contributed by atoms with van der Waals surface area (Å²) < 4.78 is 6.48. The van der Waals surface area contributed by atoms with Gasteiger partial charge >= 0.3 is 0 Å². The van der Waals surface area contributed by atoms with Crippen LogP contribution in [0.5, 0.6) is 5.75 Å². The van der Waals surface area contributed by atoms with Crippen LogP contribution < -0.4 is 10.1 Å². The van der Waals surface area contributed by atoms with Crippen LogP contribution in [0.3, 0.4) is 0 Å². The first-order valence-electron chi connectivity index (χ1n) is 8.52. The number of carbonyl (C=O) groups excluding carboxylic acids is 1. The maximum atomic E-state index is 12.1. The molecule has 0 aliphatic rings. The summed E-state index contributed by atoms with van der Waals surface area (Å²) in [4.78, 5) is 12.1. The lowest BCUT2D eigenvalue weighted by Crippen LogP contribution is -2.20. The molecule has 2 aromatic carbocycles. The van der Waals surface area contributed by atoms with Gasteiger partial charge < -0.3 is 4.74 Å². The largest absolute Gasteiger partial charge is 0.483 e. The second kappa shape index (κ2) is 9.01. The van der Waals surface area contributed by atoms with Gasteiger partial charge in [0.1, 0.15) is 5.75 Å². The summed E-state index contributed by atoms with van der Waals surface area (Å²) in [5.41, 5.74) is 4.49. The van der Waals surface area contributed by atoms with E-state index < -0.39 is 0 Å². The zero-order valence-corrected chi connectivity index (χ0v) is 17.1. The minimum absolute atomic E-state index is 0.0584. The molecule has 0 radical (unpaired) electrons. The number of ether oxygens (including phenoxy) is 1. The Bertz CT molecular complexity index is 903. The molecule has 140 valence electrons. The van der Waals surface area contributed by atoms with E-state index in [4.69, 9.17) is 4.74 Å². The van der Waals surface area contributed by atoms with Crippen LogP contribution in [0.4, 0.5) is 5.13 Å². The lowest BCUT2D eigenvalue weighted by molar-refractivity contribution is -0.118. The Kier molecular flexibility index (Phi) is 6.47. The van der Waals surface area contributed by atoms with Crippen LogP contribution in [-0.2, 0) is 10.5 Å².